The van der Waals surface area contributed by atoms with E-state index in [4.69, 9.17) is 5.73 Å². The van der Waals surface area contributed by atoms with E-state index >= 15 is 0 Å². The monoisotopic (exact) mass is 273 g/mol. The van der Waals surface area contributed by atoms with Crippen LogP contribution in [0.2, 0.25) is 0 Å². The van der Waals surface area contributed by atoms with Gasteiger partial charge in [0.2, 0.25) is 5.91 Å². The SMILES string of the molecule is CCC1C(=O)Nc2ccc(-c3nc(N)sc3C)cc21. The number of hydrogen-bond acceptors (Lipinski definition) is 4. The first kappa shape index (κ1) is 12.2. The lowest BCUT2D eigenvalue weighted by Crippen LogP contribution is -2.10. The molecule has 0 saturated carbocycles. The van der Waals surface area contributed by atoms with Gasteiger partial charge in [-0.05, 0) is 31.0 Å². The molecule has 1 aromatic carbocycles. The van der Waals surface area contributed by atoms with E-state index in [-0.39, 0.29) is 11.8 Å². The third-order valence-electron chi connectivity index (χ3n) is 3.50. The summed E-state index contributed by atoms with van der Waals surface area (Å²) >= 11 is 1.49. The topological polar surface area (TPSA) is 68.0 Å². The van der Waals surface area contributed by atoms with Crippen LogP contribution in [0.5, 0.6) is 0 Å². The highest BCUT2D eigenvalue weighted by molar-refractivity contribution is 7.15. The predicted octanol–water partition coefficient (Wildman–Crippen LogP) is 3.15. The van der Waals surface area contributed by atoms with Crippen LogP contribution in [0.15, 0.2) is 18.2 Å². The Morgan fingerprint density at radius 2 is 2.26 bits per heavy atom. The Morgan fingerprint density at radius 1 is 1.47 bits per heavy atom. The summed E-state index contributed by atoms with van der Waals surface area (Å²) in [5, 5.41) is 3.49. The molecule has 5 heteroatoms. The highest BCUT2D eigenvalue weighted by Crippen LogP contribution is 2.38. The lowest BCUT2D eigenvalue weighted by atomic mass is 9.95. The lowest BCUT2D eigenvalue weighted by molar-refractivity contribution is -0.117. The molecule has 98 valence electrons. The van der Waals surface area contributed by atoms with Gasteiger partial charge in [-0.25, -0.2) is 4.98 Å². The summed E-state index contributed by atoms with van der Waals surface area (Å²) < 4.78 is 0. The zero-order valence-electron chi connectivity index (χ0n) is 10.9. The molecule has 1 amide bonds. The molecule has 0 fully saturated rings. The standard InChI is InChI=1S/C14H15N3OS/c1-3-9-10-6-8(4-5-11(10)16-13(9)18)12-7(2)19-14(15)17-12/h4-6,9H,3H2,1-2H3,(H2,15,17)(H,16,18). The van der Waals surface area contributed by atoms with Gasteiger partial charge in [0.1, 0.15) is 0 Å². The molecule has 1 atom stereocenters. The lowest BCUT2D eigenvalue weighted by Gasteiger charge is -2.07. The molecule has 3 N–H and O–H groups in total. The van der Waals surface area contributed by atoms with Gasteiger partial charge in [0, 0.05) is 16.1 Å². The van der Waals surface area contributed by atoms with Crippen LogP contribution in [-0.4, -0.2) is 10.9 Å². The van der Waals surface area contributed by atoms with Crippen LogP contribution in [0.4, 0.5) is 10.8 Å². The summed E-state index contributed by atoms with van der Waals surface area (Å²) in [5.41, 5.74) is 9.67. The third-order valence-corrected chi connectivity index (χ3v) is 4.30. The molecule has 0 saturated heterocycles. The Kier molecular flexibility index (Phi) is 2.78. The van der Waals surface area contributed by atoms with Crippen molar-refractivity contribution >= 4 is 28.1 Å². The molecule has 1 aromatic heterocycles. The van der Waals surface area contributed by atoms with Crippen LogP contribution in [-0.2, 0) is 4.79 Å². The molecule has 0 spiro atoms. The first-order chi connectivity index (χ1) is 9.10. The minimum Gasteiger partial charge on any atom is -0.375 e. The number of thiazole rings is 1. The Bertz CT molecular complexity index is 663. The maximum absolute atomic E-state index is 11.8. The fraction of sp³-hybridized carbons (Fsp3) is 0.286. The average molecular weight is 273 g/mol. The summed E-state index contributed by atoms with van der Waals surface area (Å²) in [7, 11) is 0. The average Bonchev–Trinajstić information content (AvgIpc) is 2.87. The van der Waals surface area contributed by atoms with Crippen LogP contribution in [0.25, 0.3) is 11.3 Å². The Hall–Kier alpha value is -1.88. The number of aryl methyl sites for hydroxylation is 1. The van der Waals surface area contributed by atoms with Gasteiger partial charge in [-0.2, -0.15) is 0 Å². The number of aromatic nitrogens is 1. The molecule has 4 nitrogen and oxygen atoms in total. The molecule has 0 aliphatic carbocycles. The van der Waals surface area contributed by atoms with Gasteiger partial charge in [-0.1, -0.05) is 13.0 Å². The Balaban J connectivity index is 2.10. The molecule has 1 aliphatic heterocycles. The van der Waals surface area contributed by atoms with Crippen molar-refractivity contribution in [2.75, 3.05) is 11.1 Å². The highest BCUT2D eigenvalue weighted by Gasteiger charge is 2.29. The van der Waals surface area contributed by atoms with Crippen molar-refractivity contribution in [3.05, 3.63) is 28.6 Å². The van der Waals surface area contributed by atoms with Crippen molar-refractivity contribution in [2.24, 2.45) is 0 Å². The number of hydrogen-bond donors (Lipinski definition) is 2. The van der Waals surface area contributed by atoms with E-state index < -0.39 is 0 Å². The summed E-state index contributed by atoms with van der Waals surface area (Å²) in [6.07, 6.45) is 0.806. The minimum atomic E-state index is -0.0498. The zero-order chi connectivity index (χ0) is 13.6. The van der Waals surface area contributed by atoms with Crippen LogP contribution in [0, 0.1) is 6.92 Å². The van der Waals surface area contributed by atoms with E-state index in [9.17, 15) is 4.79 Å². The van der Waals surface area contributed by atoms with Crippen LogP contribution in [0.1, 0.15) is 29.7 Å². The fourth-order valence-corrected chi connectivity index (χ4v) is 3.27. The number of fused-ring (bicyclic) bond motifs is 1. The molecule has 2 heterocycles. The van der Waals surface area contributed by atoms with E-state index in [1.165, 1.54) is 11.3 Å². The van der Waals surface area contributed by atoms with Crippen molar-refractivity contribution in [1.82, 2.24) is 4.98 Å². The van der Waals surface area contributed by atoms with Crippen molar-refractivity contribution in [3.8, 4) is 11.3 Å². The first-order valence-electron chi connectivity index (χ1n) is 6.28. The zero-order valence-corrected chi connectivity index (χ0v) is 11.7. The maximum Gasteiger partial charge on any atom is 0.231 e. The smallest absolute Gasteiger partial charge is 0.231 e. The number of nitrogen functional groups attached to an aromatic ring is 1. The van der Waals surface area contributed by atoms with Gasteiger partial charge in [0.25, 0.3) is 0 Å². The Labute approximate surface area is 115 Å². The third kappa shape index (κ3) is 1.90. The molecule has 0 radical (unpaired) electrons. The number of anilines is 2. The van der Waals surface area contributed by atoms with Crippen molar-refractivity contribution < 1.29 is 4.79 Å². The van der Waals surface area contributed by atoms with Gasteiger partial charge in [-0.3, -0.25) is 4.79 Å². The van der Waals surface area contributed by atoms with Crippen molar-refractivity contribution in [2.45, 2.75) is 26.2 Å². The molecular weight excluding hydrogens is 258 g/mol. The minimum absolute atomic E-state index is 0.0498. The second kappa shape index (κ2) is 4.35. The molecule has 2 aromatic rings. The van der Waals surface area contributed by atoms with Gasteiger partial charge < -0.3 is 11.1 Å². The van der Waals surface area contributed by atoms with E-state index in [1.54, 1.807) is 0 Å². The summed E-state index contributed by atoms with van der Waals surface area (Å²) in [4.78, 5) is 17.3. The van der Waals surface area contributed by atoms with Crippen molar-refractivity contribution in [3.63, 3.8) is 0 Å². The quantitative estimate of drug-likeness (QED) is 0.883. The summed E-state index contributed by atoms with van der Waals surface area (Å²) in [6, 6.07) is 5.99. The predicted molar refractivity (Wildman–Crippen MR) is 78.4 cm³/mol. The number of carbonyl (C=O) groups is 1. The number of nitrogens with zero attached hydrogens (tertiary/aromatic N) is 1. The van der Waals surface area contributed by atoms with Crippen LogP contribution < -0.4 is 11.1 Å². The second-order valence-electron chi connectivity index (χ2n) is 4.71. The highest BCUT2D eigenvalue weighted by atomic mass is 32.1. The molecule has 1 unspecified atom stereocenters. The first-order valence-corrected chi connectivity index (χ1v) is 7.10. The van der Waals surface area contributed by atoms with Crippen LogP contribution in [0.3, 0.4) is 0 Å². The normalized spacial score (nSPS) is 17.4. The molecule has 19 heavy (non-hydrogen) atoms. The van der Waals surface area contributed by atoms with E-state index in [2.05, 4.69) is 16.4 Å². The Morgan fingerprint density at radius 3 is 2.89 bits per heavy atom. The van der Waals surface area contributed by atoms with E-state index in [0.29, 0.717) is 5.13 Å². The number of nitrogens with two attached hydrogens (primary N) is 1. The number of benzene rings is 1. The molecular formula is C14H15N3OS. The number of nitrogens with one attached hydrogen (secondary N) is 1. The summed E-state index contributed by atoms with van der Waals surface area (Å²) in [5.74, 6) is 0.0374. The summed E-state index contributed by atoms with van der Waals surface area (Å²) in [6.45, 7) is 4.04. The van der Waals surface area contributed by atoms with E-state index in [1.807, 2.05) is 26.0 Å². The molecule has 0 bridgehead atoms. The number of amides is 1. The largest absolute Gasteiger partial charge is 0.375 e. The molecule has 1 aliphatic rings. The molecule has 3 rings (SSSR count). The van der Waals surface area contributed by atoms with E-state index in [0.717, 1.165) is 33.8 Å². The second-order valence-corrected chi connectivity index (χ2v) is 5.94. The van der Waals surface area contributed by atoms with Gasteiger partial charge in [0.15, 0.2) is 5.13 Å². The maximum atomic E-state index is 11.8. The van der Waals surface area contributed by atoms with Gasteiger partial charge in [-0.15, -0.1) is 11.3 Å². The van der Waals surface area contributed by atoms with Gasteiger partial charge >= 0.3 is 0 Å². The number of carbonyl (C=O) groups excluding carboxylic acids is 1. The van der Waals surface area contributed by atoms with Gasteiger partial charge in [0.05, 0.1) is 11.6 Å². The fourth-order valence-electron chi connectivity index (χ4n) is 2.56. The van der Waals surface area contributed by atoms with Crippen molar-refractivity contribution in [1.29, 1.82) is 0 Å². The number of rotatable bonds is 2. The van der Waals surface area contributed by atoms with Crippen LogP contribution >= 0.6 is 11.3 Å².